The summed E-state index contributed by atoms with van der Waals surface area (Å²) in [4.78, 5) is 0. The maximum absolute atomic E-state index is 2.58. The molecule has 0 N–H and O–H groups in total. The van der Waals surface area contributed by atoms with Gasteiger partial charge in [0.05, 0.1) is 5.41 Å². The molecule has 47 heavy (non-hydrogen) atoms. The average molecular weight is 595 g/mol. The largest absolute Gasteiger partial charge is 0.0725 e. The molecule has 11 rings (SSSR count). The zero-order valence-electron chi connectivity index (χ0n) is 26.4. The number of fused-ring (bicyclic) bond motifs is 15. The number of aryl methyl sites for hydroxylation is 2. The van der Waals surface area contributed by atoms with Gasteiger partial charge in [0.25, 0.3) is 0 Å². The van der Waals surface area contributed by atoms with Crippen molar-refractivity contribution < 1.29 is 0 Å². The molecule has 0 saturated heterocycles. The minimum Gasteiger partial charge on any atom is -0.0619 e. The van der Waals surface area contributed by atoms with Crippen molar-refractivity contribution in [2.45, 2.75) is 19.3 Å². The molecule has 0 saturated carbocycles. The second-order valence-electron chi connectivity index (χ2n) is 13.7. The maximum Gasteiger partial charge on any atom is 0.0725 e. The second-order valence-corrected chi connectivity index (χ2v) is 13.7. The summed E-state index contributed by atoms with van der Waals surface area (Å²) in [5, 5.41) is 5.36. The predicted molar refractivity (Wildman–Crippen MR) is 197 cm³/mol. The van der Waals surface area contributed by atoms with Crippen LogP contribution in [0.4, 0.5) is 0 Å². The molecular weight excluding hydrogens is 565 g/mol. The van der Waals surface area contributed by atoms with E-state index in [2.05, 4.69) is 159 Å². The van der Waals surface area contributed by atoms with Gasteiger partial charge in [0.2, 0.25) is 0 Å². The molecule has 0 bridgehead atoms. The van der Waals surface area contributed by atoms with E-state index in [0.29, 0.717) is 0 Å². The zero-order valence-corrected chi connectivity index (χ0v) is 26.4. The fourth-order valence-corrected chi connectivity index (χ4v) is 9.72. The van der Waals surface area contributed by atoms with E-state index in [1.165, 1.54) is 111 Å². The molecule has 0 aromatic heterocycles. The van der Waals surface area contributed by atoms with Crippen LogP contribution >= 0.6 is 0 Å². The van der Waals surface area contributed by atoms with Crippen LogP contribution in [0.15, 0.2) is 146 Å². The van der Waals surface area contributed by atoms with Crippen LogP contribution in [0.2, 0.25) is 0 Å². The van der Waals surface area contributed by atoms with E-state index in [-0.39, 0.29) is 5.41 Å². The van der Waals surface area contributed by atoms with Crippen molar-refractivity contribution in [3.63, 3.8) is 0 Å². The number of rotatable bonds is 1. The van der Waals surface area contributed by atoms with Crippen molar-refractivity contribution in [2.24, 2.45) is 0 Å². The lowest BCUT2D eigenvalue weighted by molar-refractivity contribution is 0.795. The van der Waals surface area contributed by atoms with Crippen LogP contribution in [-0.2, 0) is 5.41 Å². The SMILES string of the molecule is Cc1cccc(C)c1-c1cccc2cc3c(cc12)-c1cccc2c4c(cc-3c12)C1(c2ccccc2-c2ccccc21)c1ccccc1-4. The van der Waals surface area contributed by atoms with Crippen molar-refractivity contribution in [3.05, 3.63) is 179 Å². The fraction of sp³-hybridized carbons (Fsp3) is 0.0638. The topological polar surface area (TPSA) is 0 Å². The molecule has 218 valence electrons. The number of hydrogen-bond donors (Lipinski definition) is 0. The summed E-state index contributed by atoms with van der Waals surface area (Å²) >= 11 is 0. The van der Waals surface area contributed by atoms with Gasteiger partial charge in [-0.3, -0.25) is 0 Å². The third-order valence-electron chi connectivity index (χ3n) is 11.5. The van der Waals surface area contributed by atoms with E-state index in [0.717, 1.165) is 0 Å². The zero-order chi connectivity index (χ0) is 31.0. The Morgan fingerprint density at radius 3 is 1.62 bits per heavy atom. The number of hydrogen-bond acceptors (Lipinski definition) is 0. The monoisotopic (exact) mass is 594 g/mol. The molecule has 1 spiro atoms. The minimum absolute atomic E-state index is 0.352. The summed E-state index contributed by atoms with van der Waals surface area (Å²) in [5.41, 5.74) is 21.4. The summed E-state index contributed by atoms with van der Waals surface area (Å²) in [6.45, 7) is 4.47. The first kappa shape index (κ1) is 25.5. The highest BCUT2D eigenvalue weighted by Gasteiger charge is 2.52. The lowest BCUT2D eigenvalue weighted by Gasteiger charge is -2.30. The Balaban J connectivity index is 1.27. The Bertz CT molecular complexity index is 2640. The molecule has 0 fully saturated rings. The molecule has 3 aliphatic carbocycles. The van der Waals surface area contributed by atoms with Crippen molar-refractivity contribution in [1.29, 1.82) is 0 Å². The molecule has 0 unspecified atom stereocenters. The highest BCUT2D eigenvalue weighted by molar-refractivity contribution is 6.23. The van der Waals surface area contributed by atoms with Crippen LogP contribution in [-0.4, -0.2) is 0 Å². The van der Waals surface area contributed by atoms with Crippen LogP contribution in [0.3, 0.4) is 0 Å². The molecule has 0 nitrogen and oxygen atoms in total. The summed E-state index contributed by atoms with van der Waals surface area (Å²) in [6.07, 6.45) is 0. The predicted octanol–water partition coefficient (Wildman–Crippen LogP) is 12.3. The summed E-state index contributed by atoms with van der Waals surface area (Å²) < 4.78 is 0. The van der Waals surface area contributed by atoms with E-state index < -0.39 is 0 Å². The highest BCUT2D eigenvalue weighted by atomic mass is 14.5. The van der Waals surface area contributed by atoms with Gasteiger partial charge in [-0.2, -0.15) is 0 Å². The normalized spacial score (nSPS) is 13.9. The molecule has 0 radical (unpaired) electrons. The number of benzene rings is 8. The third kappa shape index (κ3) is 2.96. The van der Waals surface area contributed by atoms with Gasteiger partial charge >= 0.3 is 0 Å². The molecule has 0 heteroatoms. The van der Waals surface area contributed by atoms with Gasteiger partial charge in [0.15, 0.2) is 0 Å². The first-order valence-electron chi connectivity index (χ1n) is 16.7. The van der Waals surface area contributed by atoms with Crippen LogP contribution in [0.1, 0.15) is 33.4 Å². The summed E-state index contributed by atoms with van der Waals surface area (Å²) in [7, 11) is 0. The third-order valence-corrected chi connectivity index (χ3v) is 11.5. The molecule has 0 amide bonds. The van der Waals surface area contributed by atoms with Crippen molar-refractivity contribution in [1.82, 2.24) is 0 Å². The first-order chi connectivity index (χ1) is 23.2. The quantitative estimate of drug-likeness (QED) is 0.177. The Hall–Kier alpha value is -5.72. The molecule has 0 atom stereocenters. The highest BCUT2D eigenvalue weighted by Crippen LogP contribution is 2.65. The summed E-state index contributed by atoms with van der Waals surface area (Å²) in [5.74, 6) is 0. The van der Waals surface area contributed by atoms with Gasteiger partial charge in [-0.1, -0.05) is 127 Å². The maximum atomic E-state index is 2.58. The van der Waals surface area contributed by atoms with E-state index >= 15 is 0 Å². The first-order valence-corrected chi connectivity index (χ1v) is 16.7. The lowest BCUT2D eigenvalue weighted by atomic mass is 9.70. The van der Waals surface area contributed by atoms with Crippen molar-refractivity contribution in [3.8, 4) is 55.6 Å². The Morgan fingerprint density at radius 2 is 0.894 bits per heavy atom. The Labute approximate surface area is 274 Å². The minimum atomic E-state index is -0.352. The van der Waals surface area contributed by atoms with Gasteiger partial charge in [-0.05, 0) is 143 Å². The molecule has 0 aliphatic heterocycles. The van der Waals surface area contributed by atoms with Gasteiger partial charge in [-0.15, -0.1) is 0 Å². The van der Waals surface area contributed by atoms with Crippen LogP contribution in [0.25, 0.3) is 77.2 Å². The van der Waals surface area contributed by atoms with E-state index in [1.807, 2.05) is 0 Å². The van der Waals surface area contributed by atoms with Crippen LogP contribution < -0.4 is 0 Å². The molecule has 0 heterocycles. The van der Waals surface area contributed by atoms with E-state index in [1.54, 1.807) is 0 Å². The van der Waals surface area contributed by atoms with Gasteiger partial charge < -0.3 is 0 Å². The summed E-state index contributed by atoms with van der Waals surface area (Å²) in [6, 6.07) is 55.4. The Kier molecular flexibility index (Phi) is 4.74. The van der Waals surface area contributed by atoms with Crippen LogP contribution in [0.5, 0.6) is 0 Å². The average Bonchev–Trinajstić information content (AvgIpc) is 3.70. The molecule has 8 aromatic carbocycles. The smallest absolute Gasteiger partial charge is 0.0619 e. The van der Waals surface area contributed by atoms with Crippen molar-refractivity contribution >= 4 is 21.5 Å². The van der Waals surface area contributed by atoms with Gasteiger partial charge in [0.1, 0.15) is 0 Å². The Morgan fingerprint density at radius 1 is 0.340 bits per heavy atom. The van der Waals surface area contributed by atoms with Crippen molar-refractivity contribution in [2.75, 3.05) is 0 Å². The molecule has 3 aliphatic rings. The van der Waals surface area contributed by atoms with Gasteiger partial charge in [0, 0.05) is 0 Å². The molecule has 8 aromatic rings. The standard InChI is InChI=1S/C47H30/c1-27-12-9-13-28(2)44(27)32-18-10-14-29-24-37-38(25-36(29)32)33-19-11-20-35-45(33)39(37)26-43-46(35)34-17-5-8-23-42(34)47(43)40-21-6-3-15-30(40)31-16-4-7-22-41(31)47/h3-26H,1-2H3. The van der Waals surface area contributed by atoms with E-state index in [4.69, 9.17) is 0 Å². The fourth-order valence-electron chi connectivity index (χ4n) is 9.72. The lowest BCUT2D eigenvalue weighted by Crippen LogP contribution is -2.25. The van der Waals surface area contributed by atoms with Crippen LogP contribution in [0, 0.1) is 13.8 Å². The molecular formula is C47H30. The second kappa shape index (κ2) is 8.75. The van der Waals surface area contributed by atoms with Gasteiger partial charge in [-0.25, -0.2) is 0 Å². The van der Waals surface area contributed by atoms with E-state index in [9.17, 15) is 0 Å².